The summed E-state index contributed by atoms with van der Waals surface area (Å²) in [4.78, 5) is 46.3. The van der Waals surface area contributed by atoms with E-state index in [-0.39, 0.29) is 29.1 Å². The first-order chi connectivity index (χ1) is 21.3. The molecular weight excluding hydrogens is 562 g/mol. The van der Waals surface area contributed by atoms with Crippen LogP contribution in [0.25, 0.3) is 17.2 Å². The van der Waals surface area contributed by atoms with Crippen LogP contribution in [0.2, 0.25) is 0 Å². The van der Waals surface area contributed by atoms with Gasteiger partial charge in [0.2, 0.25) is 5.91 Å². The summed E-state index contributed by atoms with van der Waals surface area (Å²) in [6, 6.07) is 20.9. The molecule has 0 aliphatic carbocycles. The fraction of sp³-hybridized carbons (Fsp3) is 0.200. The van der Waals surface area contributed by atoms with Crippen LogP contribution >= 0.6 is 0 Å². The van der Waals surface area contributed by atoms with E-state index < -0.39 is 11.4 Å². The molecule has 0 saturated carbocycles. The van der Waals surface area contributed by atoms with Crippen molar-refractivity contribution in [2.24, 2.45) is 0 Å². The maximum absolute atomic E-state index is 15.1. The molecule has 3 amide bonds. The van der Waals surface area contributed by atoms with E-state index in [1.54, 1.807) is 76.8 Å². The standard InChI is InChI=1S/C35H30F2N4O3/c36-29-12-9-26(10-13-29)28-11-14-30(31(37)19-28)34(44)41-18-2-16-35(41)22-40(23-35)33(43)27-7-4-25(5-8-27)21-39-32(42)15-6-24-3-1-17-38-20-24/h1,3-15,17,19-20H,2,16,18,21-23H2,(H,39,42)/b15-6+. The Morgan fingerprint density at radius 3 is 2.36 bits per heavy atom. The molecule has 0 atom stereocenters. The predicted molar refractivity (Wildman–Crippen MR) is 162 cm³/mol. The Morgan fingerprint density at radius 1 is 0.909 bits per heavy atom. The molecule has 2 aliphatic rings. The third kappa shape index (κ3) is 5.99. The smallest absolute Gasteiger partial charge is 0.257 e. The highest BCUT2D eigenvalue weighted by Crippen LogP contribution is 2.39. The van der Waals surface area contributed by atoms with Gasteiger partial charge in [0.1, 0.15) is 11.6 Å². The van der Waals surface area contributed by atoms with Gasteiger partial charge in [-0.2, -0.15) is 0 Å². The maximum atomic E-state index is 15.1. The first-order valence-corrected chi connectivity index (χ1v) is 14.4. The highest BCUT2D eigenvalue weighted by atomic mass is 19.1. The van der Waals surface area contributed by atoms with Crippen LogP contribution < -0.4 is 5.32 Å². The minimum Gasteiger partial charge on any atom is -0.348 e. The van der Waals surface area contributed by atoms with Crippen molar-refractivity contribution in [3.8, 4) is 11.1 Å². The monoisotopic (exact) mass is 592 g/mol. The molecule has 2 saturated heterocycles. The van der Waals surface area contributed by atoms with Crippen LogP contribution in [0.15, 0.2) is 97.3 Å². The van der Waals surface area contributed by atoms with E-state index in [1.165, 1.54) is 30.3 Å². The summed E-state index contributed by atoms with van der Waals surface area (Å²) in [5, 5.41) is 2.82. The van der Waals surface area contributed by atoms with Crippen LogP contribution in [0.5, 0.6) is 0 Å². The molecule has 0 unspecified atom stereocenters. The third-order valence-corrected chi connectivity index (χ3v) is 8.26. The molecule has 3 heterocycles. The molecule has 7 nitrogen and oxygen atoms in total. The molecule has 1 N–H and O–H groups in total. The highest BCUT2D eigenvalue weighted by molar-refractivity contribution is 5.98. The zero-order valence-electron chi connectivity index (χ0n) is 23.9. The quantitative estimate of drug-likeness (QED) is 0.288. The lowest BCUT2D eigenvalue weighted by Crippen LogP contribution is -2.69. The van der Waals surface area contributed by atoms with Crippen LogP contribution in [0.3, 0.4) is 0 Å². The van der Waals surface area contributed by atoms with Gasteiger partial charge in [-0.05, 0) is 83.6 Å². The van der Waals surface area contributed by atoms with Gasteiger partial charge in [-0.3, -0.25) is 19.4 Å². The number of likely N-dealkylation sites (tertiary alicyclic amines) is 2. The first-order valence-electron chi connectivity index (χ1n) is 14.4. The number of carbonyl (C=O) groups excluding carboxylic acids is 3. The second kappa shape index (κ2) is 12.2. The fourth-order valence-corrected chi connectivity index (χ4v) is 5.89. The SMILES string of the molecule is O=C(/C=C/c1cccnc1)NCc1ccc(C(=O)N2CC3(CCCN3C(=O)c3ccc(-c4ccc(F)cc4)cc3F)C2)cc1. The number of aromatic nitrogens is 1. The molecule has 3 aromatic carbocycles. The fourth-order valence-electron chi connectivity index (χ4n) is 5.89. The van der Waals surface area contributed by atoms with Crippen molar-refractivity contribution in [3.05, 3.63) is 131 Å². The van der Waals surface area contributed by atoms with Crippen molar-refractivity contribution in [2.45, 2.75) is 24.9 Å². The lowest BCUT2D eigenvalue weighted by Gasteiger charge is -2.52. The summed E-state index contributed by atoms with van der Waals surface area (Å²) in [6.07, 6.45) is 7.98. The van der Waals surface area contributed by atoms with Crippen molar-refractivity contribution in [1.29, 1.82) is 0 Å². The van der Waals surface area contributed by atoms with Gasteiger partial charge in [-0.1, -0.05) is 36.4 Å². The Bertz CT molecular complexity index is 1720. The zero-order chi connectivity index (χ0) is 30.7. The third-order valence-electron chi connectivity index (χ3n) is 8.26. The summed E-state index contributed by atoms with van der Waals surface area (Å²) in [5.74, 6) is -1.78. The van der Waals surface area contributed by atoms with Gasteiger partial charge < -0.3 is 15.1 Å². The molecule has 1 spiro atoms. The van der Waals surface area contributed by atoms with Crippen LogP contribution in [-0.2, 0) is 11.3 Å². The topological polar surface area (TPSA) is 82.6 Å². The molecule has 6 rings (SSSR count). The average Bonchev–Trinajstić information content (AvgIpc) is 3.48. The summed E-state index contributed by atoms with van der Waals surface area (Å²) in [6.45, 7) is 1.58. The minimum atomic E-state index is -0.632. The number of amides is 3. The normalized spacial score (nSPS) is 15.4. The molecule has 44 heavy (non-hydrogen) atoms. The van der Waals surface area contributed by atoms with E-state index in [2.05, 4.69) is 10.3 Å². The molecule has 4 aromatic rings. The summed E-state index contributed by atoms with van der Waals surface area (Å²) in [5.41, 5.74) is 2.88. The lowest BCUT2D eigenvalue weighted by molar-refractivity contribution is -0.116. The number of rotatable bonds is 7. The Labute approximate surface area is 253 Å². The number of hydrogen-bond acceptors (Lipinski definition) is 4. The maximum Gasteiger partial charge on any atom is 0.257 e. The van der Waals surface area contributed by atoms with Crippen molar-refractivity contribution < 1.29 is 23.2 Å². The first kappa shape index (κ1) is 28.9. The van der Waals surface area contributed by atoms with Gasteiger partial charge in [0.25, 0.3) is 11.8 Å². The molecule has 2 fully saturated rings. The number of carbonyl (C=O) groups is 3. The Balaban J connectivity index is 1.04. The number of benzene rings is 3. The van der Waals surface area contributed by atoms with Crippen LogP contribution in [-0.4, -0.2) is 57.7 Å². The van der Waals surface area contributed by atoms with Gasteiger partial charge in [-0.25, -0.2) is 8.78 Å². The van der Waals surface area contributed by atoms with E-state index in [9.17, 15) is 18.8 Å². The average molecular weight is 593 g/mol. The molecule has 9 heteroatoms. The molecular formula is C35H30F2N4O3. The second-order valence-corrected chi connectivity index (χ2v) is 11.2. The van der Waals surface area contributed by atoms with E-state index in [4.69, 9.17) is 0 Å². The number of halogens is 2. The molecule has 222 valence electrons. The Morgan fingerprint density at radius 2 is 1.66 bits per heavy atom. The van der Waals surface area contributed by atoms with Gasteiger partial charge in [-0.15, -0.1) is 0 Å². The van der Waals surface area contributed by atoms with Crippen LogP contribution in [0.1, 0.15) is 44.7 Å². The van der Waals surface area contributed by atoms with Crippen molar-refractivity contribution >= 4 is 23.8 Å². The molecule has 1 aromatic heterocycles. The Kier molecular flexibility index (Phi) is 8.02. The molecule has 2 aliphatic heterocycles. The zero-order valence-corrected chi connectivity index (χ0v) is 23.9. The summed E-state index contributed by atoms with van der Waals surface area (Å²) >= 11 is 0. The predicted octanol–water partition coefficient (Wildman–Crippen LogP) is 5.49. The van der Waals surface area contributed by atoms with Gasteiger partial charge in [0.15, 0.2) is 0 Å². The minimum absolute atomic E-state index is 0.0165. The number of pyridine rings is 1. The molecule has 0 bridgehead atoms. The van der Waals surface area contributed by atoms with Crippen molar-refractivity contribution in [3.63, 3.8) is 0 Å². The van der Waals surface area contributed by atoms with Crippen molar-refractivity contribution in [1.82, 2.24) is 20.1 Å². The van der Waals surface area contributed by atoms with Crippen LogP contribution in [0, 0.1) is 11.6 Å². The van der Waals surface area contributed by atoms with Gasteiger partial charge in [0.05, 0.1) is 11.1 Å². The second-order valence-electron chi connectivity index (χ2n) is 11.2. The van der Waals surface area contributed by atoms with E-state index >= 15 is 4.39 Å². The van der Waals surface area contributed by atoms with E-state index in [0.29, 0.717) is 42.9 Å². The van der Waals surface area contributed by atoms with Crippen molar-refractivity contribution in [2.75, 3.05) is 19.6 Å². The largest absolute Gasteiger partial charge is 0.348 e. The van der Waals surface area contributed by atoms with Crippen LogP contribution in [0.4, 0.5) is 8.78 Å². The number of nitrogens with zero attached hydrogens (tertiary/aromatic N) is 3. The number of hydrogen-bond donors (Lipinski definition) is 1. The van der Waals surface area contributed by atoms with Gasteiger partial charge >= 0.3 is 0 Å². The van der Waals surface area contributed by atoms with Gasteiger partial charge in [0, 0.05) is 50.2 Å². The summed E-state index contributed by atoms with van der Waals surface area (Å²) < 4.78 is 28.4. The lowest BCUT2D eigenvalue weighted by atomic mass is 9.85. The number of nitrogens with one attached hydrogen (secondary N) is 1. The highest BCUT2D eigenvalue weighted by Gasteiger charge is 2.53. The summed E-state index contributed by atoms with van der Waals surface area (Å²) in [7, 11) is 0. The van der Waals surface area contributed by atoms with E-state index in [0.717, 1.165) is 24.0 Å². The van der Waals surface area contributed by atoms with E-state index in [1.807, 2.05) is 6.07 Å². The molecule has 0 radical (unpaired) electrons. The Hall–Kier alpha value is -5.18.